The van der Waals surface area contributed by atoms with Gasteiger partial charge >= 0.3 is 0 Å². The number of piperazine rings is 1. The molecule has 1 aliphatic rings. The number of fused-ring (bicyclic) bond motifs is 1. The number of nitrogens with zero attached hydrogens (tertiary/aromatic N) is 2. The summed E-state index contributed by atoms with van der Waals surface area (Å²) in [5.41, 5.74) is 2.20. The van der Waals surface area contributed by atoms with Crippen molar-refractivity contribution in [3.63, 3.8) is 0 Å². The number of ether oxygens (including phenoxy) is 1. The van der Waals surface area contributed by atoms with Crippen molar-refractivity contribution in [3.8, 4) is 5.75 Å². The number of amides is 1. The van der Waals surface area contributed by atoms with Crippen LogP contribution in [0.2, 0.25) is 0 Å². The lowest BCUT2D eigenvalue weighted by Crippen LogP contribution is -2.48. The fourth-order valence-corrected chi connectivity index (χ4v) is 3.88. The third kappa shape index (κ3) is 4.33. The van der Waals surface area contributed by atoms with Crippen LogP contribution in [0.1, 0.15) is 17.2 Å². The summed E-state index contributed by atoms with van der Waals surface area (Å²) in [7, 11) is 3.78. The Labute approximate surface area is 172 Å². The van der Waals surface area contributed by atoms with Crippen LogP contribution in [-0.4, -0.2) is 49.5 Å². The van der Waals surface area contributed by atoms with E-state index in [9.17, 15) is 4.79 Å². The Morgan fingerprint density at radius 2 is 1.76 bits per heavy atom. The molecule has 0 spiro atoms. The molecule has 3 aromatic carbocycles. The standard InChI is InChI=1S/C25H26N2O2/c1-26-14-15-27(24(18-26)20-6-4-3-5-7-20)25(28)13-9-19-8-10-22-17-23(29-2)12-11-21(22)16-19/h3-13,16-17,24H,14-15,18H2,1-2H3. The van der Waals surface area contributed by atoms with Crippen LogP contribution >= 0.6 is 0 Å². The number of benzene rings is 3. The Morgan fingerprint density at radius 3 is 2.55 bits per heavy atom. The molecule has 3 aromatic rings. The third-order valence-corrected chi connectivity index (χ3v) is 5.54. The molecule has 0 saturated carbocycles. The number of likely N-dealkylation sites (N-methyl/N-ethyl adjacent to an activating group) is 1. The topological polar surface area (TPSA) is 32.8 Å². The second kappa shape index (κ2) is 8.50. The lowest BCUT2D eigenvalue weighted by molar-refractivity contribution is -0.130. The van der Waals surface area contributed by atoms with Crippen LogP contribution in [0.5, 0.6) is 5.75 Å². The molecule has 1 heterocycles. The highest BCUT2D eigenvalue weighted by atomic mass is 16.5. The summed E-state index contributed by atoms with van der Waals surface area (Å²) in [6.45, 7) is 2.47. The summed E-state index contributed by atoms with van der Waals surface area (Å²) < 4.78 is 5.29. The summed E-state index contributed by atoms with van der Waals surface area (Å²) in [6, 6.07) is 22.6. The molecule has 0 bridgehead atoms. The molecule has 1 amide bonds. The van der Waals surface area contributed by atoms with E-state index in [1.54, 1.807) is 13.2 Å². The van der Waals surface area contributed by atoms with E-state index in [-0.39, 0.29) is 11.9 Å². The van der Waals surface area contributed by atoms with Crippen molar-refractivity contribution < 1.29 is 9.53 Å². The molecule has 1 unspecified atom stereocenters. The Kier molecular flexibility index (Phi) is 5.63. The Balaban J connectivity index is 1.54. The molecule has 4 nitrogen and oxygen atoms in total. The van der Waals surface area contributed by atoms with Gasteiger partial charge in [0.05, 0.1) is 13.2 Å². The molecule has 0 aromatic heterocycles. The Hall–Kier alpha value is -3.11. The summed E-state index contributed by atoms with van der Waals surface area (Å²) >= 11 is 0. The lowest BCUT2D eigenvalue weighted by atomic mass is 10.0. The molecule has 1 saturated heterocycles. The van der Waals surface area contributed by atoms with Gasteiger partial charge in [0.1, 0.15) is 5.75 Å². The molecule has 148 valence electrons. The summed E-state index contributed by atoms with van der Waals surface area (Å²) in [6.07, 6.45) is 3.61. The maximum Gasteiger partial charge on any atom is 0.247 e. The average molecular weight is 386 g/mol. The van der Waals surface area contributed by atoms with Gasteiger partial charge in [0.15, 0.2) is 0 Å². The van der Waals surface area contributed by atoms with Crippen molar-refractivity contribution >= 4 is 22.8 Å². The van der Waals surface area contributed by atoms with Crippen LogP contribution in [0, 0.1) is 0 Å². The van der Waals surface area contributed by atoms with Gasteiger partial charge in [-0.2, -0.15) is 0 Å². The zero-order valence-corrected chi connectivity index (χ0v) is 16.9. The number of carbonyl (C=O) groups excluding carboxylic acids is 1. The van der Waals surface area contributed by atoms with E-state index in [1.807, 2.05) is 53.4 Å². The molecule has 29 heavy (non-hydrogen) atoms. The third-order valence-electron chi connectivity index (χ3n) is 5.54. The first kappa shape index (κ1) is 19.2. The Bertz CT molecular complexity index is 1030. The van der Waals surface area contributed by atoms with Crippen LogP contribution in [0.4, 0.5) is 0 Å². The smallest absolute Gasteiger partial charge is 0.247 e. The van der Waals surface area contributed by atoms with Crippen molar-refractivity contribution in [3.05, 3.63) is 83.9 Å². The van der Waals surface area contributed by atoms with Crippen LogP contribution < -0.4 is 4.74 Å². The van der Waals surface area contributed by atoms with Gasteiger partial charge in [-0.1, -0.05) is 48.5 Å². The van der Waals surface area contributed by atoms with Crippen LogP contribution in [-0.2, 0) is 4.79 Å². The largest absolute Gasteiger partial charge is 0.497 e. The van der Waals surface area contributed by atoms with Crippen molar-refractivity contribution in [2.24, 2.45) is 0 Å². The van der Waals surface area contributed by atoms with E-state index in [0.29, 0.717) is 0 Å². The number of hydrogen-bond donors (Lipinski definition) is 0. The Morgan fingerprint density at radius 1 is 1.00 bits per heavy atom. The summed E-state index contributed by atoms with van der Waals surface area (Å²) in [5.74, 6) is 0.903. The van der Waals surface area contributed by atoms with Crippen molar-refractivity contribution in [1.29, 1.82) is 0 Å². The average Bonchev–Trinajstić information content (AvgIpc) is 2.77. The normalized spacial score (nSPS) is 17.7. The van der Waals surface area contributed by atoms with E-state index < -0.39 is 0 Å². The van der Waals surface area contributed by atoms with Gasteiger partial charge in [-0.05, 0) is 53.2 Å². The molecular weight excluding hydrogens is 360 g/mol. The monoisotopic (exact) mass is 386 g/mol. The van der Waals surface area contributed by atoms with Crippen LogP contribution in [0.3, 0.4) is 0 Å². The molecule has 1 fully saturated rings. The first-order valence-electron chi connectivity index (χ1n) is 9.94. The highest BCUT2D eigenvalue weighted by molar-refractivity contribution is 5.93. The van der Waals surface area contributed by atoms with E-state index in [0.717, 1.165) is 41.7 Å². The van der Waals surface area contributed by atoms with Gasteiger partial charge in [0.25, 0.3) is 0 Å². The maximum absolute atomic E-state index is 13.0. The molecule has 4 rings (SSSR count). The maximum atomic E-state index is 13.0. The van der Waals surface area contributed by atoms with Crippen molar-refractivity contribution in [2.45, 2.75) is 6.04 Å². The van der Waals surface area contributed by atoms with Crippen LogP contribution in [0.15, 0.2) is 72.8 Å². The number of carbonyl (C=O) groups is 1. The number of rotatable bonds is 4. The molecular formula is C25H26N2O2. The minimum absolute atomic E-state index is 0.0572. The summed E-state index contributed by atoms with van der Waals surface area (Å²) in [4.78, 5) is 17.3. The van der Waals surface area contributed by atoms with Gasteiger partial charge in [0.2, 0.25) is 5.91 Å². The zero-order chi connectivity index (χ0) is 20.2. The van der Waals surface area contributed by atoms with Gasteiger partial charge in [-0.3, -0.25) is 4.79 Å². The van der Waals surface area contributed by atoms with Crippen molar-refractivity contribution in [2.75, 3.05) is 33.8 Å². The minimum atomic E-state index is 0.0572. The molecule has 1 atom stereocenters. The lowest BCUT2D eigenvalue weighted by Gasteiger charge is -2.40. The fourth-order valence-electron chi connectivity index (χ4n) is 3.88. The number of hydrogen-bond acceptors (Lipinski definition) is 3. The zero-order valence-electron chi connectivity index (χ0n) is 16.9. The van der Waals surface area contributed by atoms with E-state index in [4.69, 9.17) is 4.74 Å². The van der Waals surface area contributed by atoms with E-state index >= 15 is 0 Å². The predicted octanol–water partition coefficient (Wildman–Crippen LogP) is 4.38. The molecule has 4 heteroatoms. The molecule has 0 aliphatic carbocycles. The molecule has 0 N–H and O–H groups in total. The van der Waals surface area contributed by atoms with Crippen molar-refractivity contribution in [1.82, 2.24) is 9.80 Å². The second-order valence-corrected chi connectivity index (χ2v) is 7.53. The quantitative estimate of drug-likeness (QED) is 0.624. The van der Waals surface area contributed by atoms with Crippen LogP contribution in [0.25, 0.3) is 16.8 Å². The highest BCUT2D eigenvalue weighted by Crippen LogP contribution is 2.26. The van der Waals surface area contributed by atoms with Gasteiger partial charge < -0.3 is 14.5 Å². The fraction of sp³-hybridized carbons (Fsp3) is 0.240. The summed E-state index contributed by atoms with van der Waals surface area (Å²) in [5, 5.41) is 2.25. The second-order valence-electron chi connectivity index (χ2n) is 7.53. The number of methoxy groups -OCH3 is 1. The molecule has 1 aliphatic heterocycles. The minimum Gasteiger partial charge on any atom is -0.497 e. The first-order valence-corrected chi connectivity index (χ1v) is 9.94. The van der Waals surface area contributed by atoms with Gasteiger partial charge in [-0.15, -0.1) is 0 Å². The van der Waals surface area contributed by atoms with E-state index in [1.165, 1.54) is 5.56 Å². The first-order chi connectivity index (χ1) is 14.1. The SMILES string of the molecule is COc1ccc2cc(C=CC(=O)N3CCN(C)CC3c3ccccc3)ccc2c1. The highest BCUT2D eigenvalue weighted by Gasteiger charge is 2.28. The van der Waals surface area contributed by atoms with Gasteiger partial charge in [-0.25, -0.2) is 0 Å². The predicted molar refractivity (Wildman–Crippen MR) is 118 cm³/mol. The van der Waals surface area contributed by atoms with Gasteiger partial charge in [0, 0.05) is 25.7 Å². The molecule has 0 radical (unpaired) electrons. The van der Waals surface area contributed by atoms with E-state index in [2.05, 4.69) is 36.2 Å².